The van der Waals surface area contributed by atoms with E-state index in [4.69, 9.17) is 12.2 Å². The fourth-order valence-corrected chi connectivity index (χ4v) is 2.55. The van der Waals surface area contributed by atoms with E-state index in [0.717, 1.165) is 15.6 Å². The molecule has 0 aliphatic heterocycles. The summed E-state index contributed by atoms with van der Waals surface area (Å²) in [4.78, 5) is 0. The Bertz CT molecular complexity index is 878. The van der Waals surface area contributed by atoms with Gasteiger partial charge in [-0.15, -0.1) is 0 Å². The fraction of sp³-hybridized carbons (Fsp3) is 0.0625. The van der Waals surface area contributed by atoms with Crippen molar-refractivity contribution in [2.45, 2.75) is 6.92 Å². The second-order valence-corrected chi connectivity index (χ2v) is 6.04. The Hall–Kier alpha value is -2.05. The standard InChI is InChI=1S/C16H13BrN4S/c1-11-6-8-12(9-7-11)15-19-20-16(22)21(15)18-10-13-4-2-3-5-14(13)17/h2-10H,1H3,(H,20,22)/b18-10-. The molecule has 0 bridgehead atoms. The average Bonchev–Trinajstić information content (AvgIpc) is 2.88. The summed E-state index contributed by atoms with van der Waals surface area (Å²) >= 11 is 8.77. The fourth-order valence-electron chi connectivity index (χ4n) is 1.99. The first-order valence-electron chi connectivity index (χ1n) is 6.68. The number of rotatable bonds is 3. The summed E-state index contributed by atoms with van der Waals surface area (Å²) in [6.07, 6.45) is 1.76. The van der Waals surface area contributed by atoms with E-state index < -0.39 is 0 Å². The quantitative estimate of drug-likeness (QED) is 0.540. The van der Waals surface area contributed by atoms with Crippen LogP contribution in [0.1, 0.15) is 11.1 Å². The number of hydrogen-bond acceptors (Lipinski definition) is 3. The molecular formula is C16H13BrN4S. The molecule has 3 rings (SSSR count). The van der Waals surface area contributed by atoms with Crippen molar-refractivity contribution in [3.05, 3.63) is 68.9 Å². The van der Waals surface area contributed by atoms with E-state index in [1.165, 1.54) is 5.56 Å². The first-order valence-corrected chi connectivity index (χ1v) is 7.88. The molecule has 0 aliphatic carbocycles. The van der Waals surface area contributed by atoms with Gasteiger partial charge < -0.3 is 0 Å². The lowest BCUT2D eigenvalue weighted by atomic mass is 10.1. The molecule has 6 heteroatoms. The summed E-state index contributed by atoms with van der Waals surface area (Å²) in [7, 11) is 0. The highest BCUT2D eigenvalue weighted by atomic mass is 79.9. The number of nitrogens with one attached hydrogen (secondary N) is 1. The highest BCUT2D eigenvalue weighted by molar-refractivity contribution is 9.10. The van der Waals surface area contributed by atoms with Crippen LogP contribution in [0.25, 0.3) is 11.4 Å². The van der Waals surface area contributed by atoms with Gasteiger partial charge in [-0.25, -0.2) is 5.10 Å². The zero-order valence-electron chi connectivity index (χ0n) is 11.8. The van der Waals surface area contributed by atoms with Gasteiger partial charge >= 0.3 is 0 Å². The summed E-state index contributed by atoms with van der Waals surface area (Å²) in [5.74, 6) is 0.688. The topological polar surface area (TPSA) is 46.0 Å². The van der Waals surface area contributed by atoms with Crippen LogP contribution in [0.15, 0.2) is 58.1 Å². The first-order chi connectivity index (χ1) is 10.6. The smallest absolute Gasteiger partial charge is 0.216 e. The lowest BCUT2D eigenvalue weighted by Crippen LogP contribution is -1.95. The minimum absolute atomic E-state index is 0.457. The van der Waals surface area contributed by atoms with E-state index >= 15 is 0 Å². The third-order valence-electron chi connectivity index (χ3n) is 3.18. The molecule has 1 heterocycles. The van der Waals surface area contributed by atoms with Crippen LogP contribution in [0.5, 0.6) is 0 Å². The van der Waals surface area contributed by atoms with Gasteiger partial charge in [0.05, 0.1) is 6.21 Å². The van der Waals surface area contributed by atoms with Gasteiger partial charge in [-0.2, -0.15) is 14.9 Å². The van der Waals surface area contributed by atoms with Gasteiger partial charge in [0.25, 0.3) is 0 Å². The maximum atomic E-state index is 5.27. The van der Waals surface area contributed by atoms with Gasteiger partial charge in [0.15, 0.2) is 5.82 Å². The third-order valence-corrected chi connectivity index (χ3v) is 4.16. The number of H-pyrrole nitrogens is 1. The lowest BCUT2D eigenvalue weighted by Gasteiger charge is -2.02. The predicted molar refractivity (Wildman–Crippen MR) is 94.7 cm³/mol. The van der Waals surface area contributed by atoms with Crippen LogP contribution in [-0.2, 0) is 0 Å². The summed E-state index contributed by atoms with van der Waals surface area (Å²) in [6, 6.07) is 15.9. The second kappa shape index (κ2) is 6.37. The van der Waals surface area contributed by atoms with Crippen molar-refractivity contribution in [3.63, 3.8) is 0 Å². The van der Waals surface area contributed by atoms with Gasteiger partial charge in [0.1, 0.15) is 0 Å². The average molecular weight is 373 g/mol. The molecule has 0 unspecified atom stereocenters. The molecule has 3 aromatic rings. The number of aromatic nitrogens is 3. The molecule has 0 saturated carbocycles. The third kappa shape index (κ3) is 3.08. The van der Waals surface area contributed by atoms with Gasteiger partial charge in [-0.05, 0) is 25.2 Å². The maximum Gasteiger partial charge on any atom is 0.216 e. The van der Waals surface area contributed by atoms with Crippen molar-refractivity contribution in [1.29, 1.82) is 0 Å². The van der Waals surface area contributed by atoms with Gasteiger partial charge in [-0.3, -0.25) is 0 Å². The summed E-state index contributed by atoms with van der Waals surface area (Å²) in [5, 5.41) is 11.5. The maximum absolute atomic E-state index is 5.27. The zero-order chi connectivity index (χ0) is 15.5. The summed E-state index contributed by atoms with van der Waals surface area (Å²) in [5.41, 5.74) is 3.13. The Morgan fingerprint density at radius 2 is 1.91 bits per heavy atom. The molecule has 1 N–H and O–H groups in total. The predicted octanol–water partition coefficient (Wildman–Crippen LogP) is 4.56. The van der Waals surface area contributed by atoms with Crippen LogP contribution < -0.4 is 0 Å². The van der Waals surface area contributed by atoms with E-state index in [1.54, 1.807) is 10.9 Å². The Balaban J connectivity index is 2.01. The molecule has 0 radical (unpaired) electrons. The van der Waals surface area contributed by atoms with Crippen molar-refractivity contribution in [3.8, 4) is 11.4 Å². The minimum Gasteiger partial charge on any atom is -0.250 e. The molecule has 0 saturated heterocycles. The highest BCUT2D eigenvalue weighted by Gasteiger charge is 2.07. The van der Waals surface area contributed by atoms with Crippen LogP contribution in [-0.4, -0.2) is 21.1 Å². The molecule has 110 valence electrons. The number of nitrogens with zero attached hydrogens (tertiary/aromatic N) is 3. The van der Waals surface area contributed by atoms with Crippen molar-refractivity contribution in [2.24, 2.45) is 5.10 Å². The number of halogens is 1. The molecule has 0 fully saturated rings. The SMILES string of the molecule is Cc1ccc(-c2n[nH]c(=S)n2/N=C\c2ccccc2Br)cc1. The van der Waals surface area contributed by atoms with Gasteiger partial charge in [0, 0.05) is 15.6 Å². The van der Waals surface area contributed by atoms with Gasteiger partial charge in [0.2, 0.25) is 4.77 Å². The molecule has 0 amide bonds. The van der Waals surface area contributed by atoms with Crippen molar-refractivity contribution in [2.75, 3.05) is 0 Å². The lowest BCUT2D eigenvalue weighted by molar-refractivity contribution is 0.871. The van der Waals surface area contributed by atoms with E-state index in [9.17, 15) is 0 Å². The molecule has 2 aromatic carbocycles. The van der Waals surface area contributed by atoms with Crippen molar-refractivity contribution >= 4 is 34.4 Å². The van der Waals surface area contributed by atoms with E-state index in [-0.39, 0.29) is 0 Å². The molecule has 0 atom stereocenters. The van der Waals surface area contributed by atoms with E-state index in [1.807, 2.05) is 55.5 Å². The van der Waals surface area contributed by atoms with Crippen LogP contribution in [0.4, 0.5) is 0 Å². The van der Waals surface area contributed by atoms with Crippen LogP contribution >= 0.6 is 28.1 Å². The zero-order valence-corrected chi connectivity index (χ0v) is 14.2. The number of hydrogen-bond donors (Lipinski definition) is 1. The van der Waals surface area contributed by atoms with E-state index in [2.05, 4.69) is 31.2 Å². The number of aryl methyl sites for hydroxylation is 1. The Morgan fingerprint density at radius 1 is 1.18 bits per heavy atom. The van der Waals surface area contributed by atoms with Crippen molar-refractivity contribution < 1.29 is 0 Å². The van der Waals surface area contributed by atoms with Crippen molar-refractivity contribution in [1.82, 2.24) is 14.9 Å². The molecule has 1 aromatic heterocycles. The Labute approximate surface area is 141 Å². The monoisotopic (exact) mass is 372 g/mol. The van der Waals surface area contributed by atoms with E-state index in [0.29, 0.717) is 10.6 Å². The summed E-state index contributed by atoms with van der Waals surface area (Å²) in [6.45, 7) is 2.05. The molecule has 4 nitrogen and oxygen atoms in total. The number of aromatic amines is 1. The molecule has 0 aliphatic rings. The molecular weight excluding hydrogens is 360 g/mol. The van der Waals surface area contributed by atoms with Crippen LogP contribution in [0, 0.1) is 11.7 Å². The normalized spacial score (nSPS) is 11.2. The molecule has 22 heavy (non-hydrogen) atoms. The van der Waals surface area contributed by atoms with Crippen LogP contribution in [0.3, 0.4) is 0 Å². The minimum atomic E-state index is 0.457. The number of benzene rings is 2. The first kappa shape index (κ1) is 14.9. The largest absolute Gasteiger partial charge is 0.250 e. The Morgan fingerprint density at radius 3 is 2.64 bits per heavy atom. The Kier molecular flexibility index (Phi) is 4.31. The summed E-state index contributed by atoms with van der Waals surface area (Å²) < 4.78 is 3.06. The molecule has 0 spiro atoms. The highest BCUT2D eigenvalue weighted by Crippen LogP contribution is 2.18. The second-order valence-electron chi connectivity index (χ2n) is 4.80. The van der Waals surface area contributed by atoms with Gasteiger partial charge in [-0.1, -0.05) is 64.0 Å². The van der Waals surface area contributed by atoms with Crippen LogP contribution in [0.2, 0.25) is 0 Å².